The highest BCUT2D eigenvalue weighted by atomic mass is 16.3. The Labute approximate surface area is 231 Å². The molecule has 1 aliphatic rings. The summed E-state index contributed by atoms with van der Waals surface area (Å²) in [5.41, 5.74) is 12.0. The van der Waals surface area contributed by atoms with Gasteiger partial charge in [0, 0.05) is 28.0 Å². The van der Waals surface area contributed by atoms with Gasteiger partial charge in [0.05, 0.1) is 17.2 Å². The molecule has 1 fully saturated rings. The first kappa shape index (κ1) is 25.4. The molecule has 1 saturated carbocycles. The van der Waals surface area contributed by atoms with Crippen molar-refractivity contribution in [1.82, 2.24) is 0 Å². The molecule has 5 aromatic rings. The van der Waals surface area contributed by atoms with Crippen molar-refractivity contribution in [2.24, 2.45) is 12.5 Å². The number of nitrogens with zero attached hydrogens (tertiary/aromatic N) is 2. The minimum absolute atomic E-state index is 0.459. The van der Waals surface area contributed by atoms with Gasteiger partial charge in [-0.3, -0.25) is 0 Å². The van der Waals surface area contributed by atoms with Gasteiger partial charge < -0.3 is 4.42 Å². The van der Waals surface area contributed by atoms with Gasteiger partial charge in [-0.15, -0.1) is 0 Å². The molecule has 0 radical (unpaired) electrons. The number of aryl methyl sites for hydroxylation is 4. The molecule has 196 valence electrons. The lowest BCUT2D eigenvalue weighted by molar-refractivity contribution is -0.660. The fourth-order valence-electron chi connectivity index (χ4n) is 6.49. The smallest absolute Gasteiger partial charge is 0.216 e. The highest BCUT2D eigenvalue weighted by molar-refractivity contribution is 6.14. The average molecular weight is 514 g/mol. The monoisotopic (exact) mass is 513 g/mol. The number of benzene rings is 3. The number of fused-ring (bicyclic) bond motifs is 3. The lowest BCUT2D eigenvalue weighted by Crippen LogP contribution is -2.31. The van der Waals surface area contributed by atoms with Crippen LogP contribution in [-0.4, -0.2) is 0 Å². The number of furan rings is 1. The van der Waals surface area contributed by atoms with Crippen molar-refractivity contribution in [2.75, 3.05) is 0 Å². The number of nitriles is 1. The van der Waals surface area contributed by atoms with Crippen molar-refractivity contribution in [3.63, 3.8) is 0 Å². The fourth-order valence-corrected chi connectivity index (χ4v) is 6.49. The largest absolute Gasteiger partial charge is 0.454 e. The zero-order valence-electron chi connectivity index (χ0n) is 24.0. The summed E-state index contributed by atoms with van der Waals surface area (Å²) in [5, 5.41) is 12.2. The maximum absolute atomic E-state index is 10.1. The second kappa shape index (κ2) is 9.38. The highest BCUT2D eigenvalue weighted by Gasteiger charge is 2.28. The molecule has 0 bridgehead atoms. The molecule has 3 heteroatoms. The van der Waals surface area contributed by atoms with E-state index in [-0.39, 0.29) is 0 Å². The standard InChI is InChI=1S/C36H37N2O/c1-22-7-13-29-30-14-12-28(20-37)33(27-10-8-25(9-11-27)26-15-17-36(4,5)18-16-26)35(30)39-34(29)32(22)31-19-23(2)24(3)21-38(31)6/h7-14,19,21,26H,15-18H2,1-6H3/q+1. The molecule has 0 spiro atoms. The van der Waals surface area contributed by atoms with Crippen molar-refractivity contribution < 1.29 is 8.98 Å². The van der Waals surface area contributed by atoms with E-state index in [0.717, 1.165) is 44.3 Å². The third kappa shape index (κ3) is 4.33. The van der Waals surface area contributed by atoms with Crippen molar-refractivity contribution >= 4 is 21.9 Å². The zero-order chi connectivity index (χ0) is 27.5. The molecule has 2 heterocycles. The SMILES string of the molecule is Cc1cc(-c2c(C)ccc3c2oc2c(-c4ccc(C5CCC(C)(C)CC5)cc4)c(C#N)ccc23)[n+](C)cc1C. The van der Waals surface area contributed by atoms with Crippen LogP contribution in [0.25, 0.3) is 44.3 Å². The molecule has 0 amide bonds. The van der Waals surface area contributed by atoms with Crippen LogP contribution in [0.1, 0.15) is 73.3 Å². The van der Waals surface area contributed by atoms with E-state index in [1.165, 1.54) is 47.9 Å². The Bertz CT molecular complexity index is 1770. The molecule has 39 heavy (non-hydrogen) atoms. The summed E-state index contributed by atoms with van der Waals surface area (Å²) in [7, 11) is 2.09. The maximum Gasteiger partial charge on any atom is 0.216 e. The summed E-state index contributed by atoms with van der Waals surface area (Å²) in [4.78, 5) is 0. The Kier molecular flexibility index (Phi) is 6.11. The summed E-state index contributed by atoms with van der Waals surface area (Å²) < 4.78 is 8.96. The van der Waals surface area contributed by atoms with Gasteiger partial charge in [0.15, 0.2) is 6.20 Å². The van der Waals surface area contributed by atoms with E-state index < -0.39 is 0 Å². The summed E-state index contributed by atoms with van der Waals surface area (Å²) >= 11 is 0. The lowest BCUT2D eigenvalue weighted by atomic mass is 9.71. The topological polar surface area (TPSA) is 40.8 Å². The van der Waals surface area contributed by atoms with Crippen molar-refractivity contribution in [2.45, 2.75) is 66.2 Å². The molecule has 0 atom stereocenters. The molecular weight excluding hydrogens is 476 g/mol. The molecule has 1 aliphatic carbocycles. The molecule has 3 aromatic carbocycles. The van der Waals surface area contributed by atoms with E-state index in [1.807, 2.05) is 12.1 Å². The van der Waals surface area contributed by atoms with Crippen LogP contribution >= 0.6 is 0 Å². The summed E-state index contributed by atoms with van der Waals surface area (Å²) in [5.74, 6) is 0.619. The van der Waals surface area contributed by atoms with Crippen molar-refractivity contribution in [1.29, 1.82) is 5.26 Å². The van der Waals surface area contributed by atoms with Gasteiger partial charge in [0.1, 0.15) is 18.2 Å². The second-order valence-electron chi connectivity index (χ2n) is 12.4. The Hall–Kier alpha value is -3.90. The van der Waals surface area contributed by atoms with Crippen molar-refractivity contribution in [3.05, 3.63) is 88.6 Å². The molecule has 0 aliphatic heterocycles. The van der Waals surface area contributed by atoms with Gasteiger partial charge in [0.2, 0.25) is 5.69 Å². The summed E-state index contributed by atoms with van der Waals surface area (Å²) in [6, 6.07) is 21.9. The molecule has 2 aromatic heterocycles. The van der Waals surface area contributed by atoms with Crippen LogP contribution in [0.15, 0.2) is 65.2 Å². The minimum Gasteiger partial charge on any atom is -0.454 e. The van der Waals surface area contributed by atoms with Crippen molar-refractivity contribution in [3.8, 4) is 28.5 Å². The zero-order valence-corrected chi connectivity index (χ0v) is 24.0. The van der Waals surface area contributed by atoms with Gasteiger partial charge in [0.25, 0.3) is 0 Å². The first-order chi connectivity index (χ1) is 18.7. The molecule has 0 saturated heterocycles. The lowest BCUT2D eigenvalue weighted by Gasteiger charge is -2.34. The molecular formula is C36H37N2O+. The number of hydrogen-bond acceptors (Lipinski definition) is 2. The number of aromatic nitrogens is 1. The van der Waals surface area contributed by atoms with Crippen LogP contribution in [-0.2, 0) is 7.05 Å². The molecule has 0 N–H and O–H groups in total. The van der Waals surface area contributed by atoms with Gasteiger partial charge >= 0.3 is 0 Å². The van der Waals surface area contributed by atoms with Crippen LogP contribution in [0.5, 0.6) is 0 Å². The van der Waals surface area contributed by atoms with Crippen LogP contribution in [0.4, 0.5) is 0 Å². The number of pyridine rings is 1. The second-order valence-corrected chi connectivity index (χ2v) is 12.4. The Morgan fingerprint density at radius 2 is 1.46 bits per heavy atom. The molecule has 3 nitrogen and oxygen atoms in total. The van der Waals surface area contributed by atoms with Gasteiger partial charge in [-0.1, -0.05) is 50.2 Å². The predicted molar refractivity (Wildman–Crippen MR) is 160 cm³/mol. The van der Waals surface area contributed by atoms with E-state index in [9.17, 15) is 5.26 Å². The van der Waals surface area contributed by atoms with Gasteiger partial charge in [-0.05, 0) is 92.2 Å². The molecule has 6 rings (SSSR count). The van der Waals surface area contributed by atoms with Gasteiger partial charge in [-0.25, -0.2) is 4.57 Å². The summed E-state index contributed by atoms with van der Waals surface area (Å²) in [6.45, 7) is 11.2. The first-order valence-electron chi connectivity index (χ1n) is 14.1. The normalized spacial score (nSPS) is 15.6. The first-order valence-corrected chi connectivity index (χ1v) is 14.1. The maximum atomic E-state index is 10.1. The van der Waals surface area contributed by atoms with E-state index in [0.29, 0.717) is 16.9 Å². The van der Waals surface area contributed by atoms with E-state index in [2.05, 4.69) is 101 Å². The third-order valence-corrected chi connectivity index (χ3v) is 9.15. The van der Waals surface area contributed by atoms with Crippen LogP contribution in [0.3, 0.4) is 0 Å². The Morgan fingerprint density at radius 3 is 2.13 bits per heavy atom. The van der Waals surface area contributed by atoms with E-state index in [4.69, 9.17) is 4.42 Å². The van der Waals surface area contributed by atoms with Crippen LogP contribution in [0, 0.1) is 37.5 Å². The fraction of sp³-hybridized carbons (Fsp3) is 0.333. The third-order valence-electron chi connectivity index (χ3n) is 9.15. The van der Waals surface area contributed by atoms with Crippen LogP contribution in [0.2, 0.25) is 0 Å². The quantitative estimate of drug-likeness (QED) is 0.226. The Morgan fingerprint density at radius 1 is 0.821 bits per heavy atom. The molecule has 0 unspecified atom stereocenters. The van der Waals surface area contributed by atoms with Gasteiger partial charge in [-0.2, -0.15) is 5.26 Å². The summed E-state index contributed by atoms with van der Waals surface area (Å²) in [6.07, 6.45) is 7.21. The van der Waals surface area contributed by atoms with E-state index in [1.54, 1.807) is 0 Å². The van der Waals surface area contributed by atoms with Crippen LogP contribution < -0.4 is 4.57 Å². The average Bonchev–Trinajstić information content (AvgIpc) is 3.29. The minimum atomic E-state index is 0.459. The highest BCUT2D eigenvalue weighted by Crippen LogP contribution is 2.44. The Balaban J connectivity index is 1.51. The number of hydrogen-bond donors (Lipinski definition) is 0. The number of rotatable bonds is 3. The van der Waals surface area contributed by atoms with E-state index >= 15 is 0 Å². The predicted octanol–water partition coefficient (Wildman–Crippen LogP) is 9.23.